The van der Waals surface area contributed by atoms with Crippen molar-refractivity contribution in [3.8, 4) is 5.75 Å². The molecule has 0 saturated heterocycles. The second-order valence-corrected chi connectivity index (χ2v) is 6.03. The maximum Gasteiger partial charge on any atom is 0.306 e. The molecule has 0 fully saturated rings. The number of ether oxygens (including phenoxy) is 2. The van der Waals surface area contributed by atoms with E-state index in [-0.39, 0.29) is 18.6 Å². The molecule has 0 heterocycles. The van der Waals surface area contributed by atoms with E-state index >= 15 is 0 Å². The number of Topliss-reactive ketones (excluding diaryl/α,β-unsaturated/α-hetero) is 1. The molecule has 0 radical (unpaired) electrons. The van der Waals surface area contributed by atoms with Crippen molar-refractivity contribution < 1.29 is 23.9 Å². The Morgan fingerprint density at radius 2 is 1.63 bits per heavy atom. The van der Waals surface area contributed by atoms with Crippen LogP contribution in [0.25, 0.3) is 0 Å². The summed E-state index contributed by atoms with van der Waals surface area (Å²) in [5.41, 5.74) is 1.04. The van der Waals surface area contributed by atoms with Gasteiger partial charge >= 0.3 is 5.97 Å². The van der Waals surface area contributed by atoms with Gasteiger partial charge in [-0.3, -0.25) is 14.4 Å². The second kappa shape index (κ2) is 10.3. The maximum absolute atomic E-state index is 12.0. The van der Waals surface area contributed by atoms with Gasteiger partial charge in [0.25, 0.3) is 5.91 Å². The molecule has 0 aliphatic carbocycles. The van der Waals surface area contributed by atoms with Crippen LogP contribution in [-0.4, -0.2) is 30.9 Å². The van der Waals surface area contributed by atoms with E-state index in [2.05, 4.69) is 5.32 Å². The number of esters is 1. The lowest BCUT2D eigenvalue weighted by atomic mass is 10.1. The SMILES string of the molecule is CCOc1ccc(NC(=O)COC(=O)CCC(=O)c2ccc(Cl)cc2)cc1. The normalized spacial score (nSPS) is 10.1. The summed E-state index contributed by atoms with van der Waals surface area (Å²) in [4.78, 5) is 35.5. The Labute approximate surface area is 162 Å². The molecule has 0 aliphatic heterocycles. The molecule has 6 nitrogen and oxygen atoms in total. The lowest BCUT2D eigenvalue weighted by molar-refractivity contribution is -0.147. The molecule has 2 rings (SSSR count). The van der Waals surface area contributed by atoms with Gasteiger partial charge in [0.05, 0.1) is 13.0 Å². The lowest BCUT2D eigenvalue weighted by Crippen LogP contribution is -2.21. The molecule has 0 aromatic heterocycles. The molecule has 2 aromatic carbocycles. The summed E-state index contributed by atoms with van der Waals surface area (Å²) in [6, 6.07) is 13.3. The minimum atomic E-state index is -0.612. The monoisotopic (exact) mass is 389 g/mol. The molecular formula is C20H20ClNO5. The number of amides is 1. The molecule has 0 bridgehead atoms. The molecule has 0 atom stereocenters. The highest BCUT2D eigenvalue weighted by Gasteiger charge is 2.12. The standard InChI is InChI=1S/C20H20ClNO5/c1-2-26-17-9-7-16(8-10-17)22-19(24)13-27-20(25)12-11-18(23)14-3-5-15(21)6-4-14/h3-10H,2,11-13H2,1H3,(H,22,24). The molecule has 7 heteroatoms. The molecule has 1 N–H and O–H groups in total. The van der Waals surface area contributed by atoms with Crippen molar-refractivity contribution in [3.63, 3.8) is 0 Å². The van der Waals surface area contributed by atoms with Crippen LogP contribution in [0.2, 0.25) is 5.02 Å². The quantitative estimate of drug-likeness (QED) is 0.519. The maximum atomic E-state index is 12.0. The van der Waals surface area contributed by atoms with Crippen molar-refractivity contribution in [2.45, 2.75) is 19.8 Å². The van der Waals surface area contributed by atoms with E-state index in [1.54, 1.807) is 48.5 Å². The first-order valence-electron chi connectivity index (χ1n) is 8.45. The third kappa shape index (κ3) is 7.11. The van der Waals surface area contributed by atoms with Gasteiger partial charge in [0.1, 0.15) is 5.75 Å². The summed E-state index contributed by atoms with van der Waals surface area (Å²) in [5.74, 6) is -0.564. The van der Waals surface area contributed by atoms with Crippen molar-refractivity contribution in [2.24, 2.45) is 0 Å². The van der Waals surface area contributed by atoms with Crippen molar-refractivity contribution in [2.75, 3.05) is 18.5 Å². The van der Waals surface area contributed by atoms with Gasteiger partial charge in [-0.2, -0.15) is 0 Å². The van der Waals surface area contributed by atoms with Crippen LogP contribution < -0.4 is 10.1 Å². The number of carbonyl (C=O) groups excluding carboxylic acids is 3. The van der Waals surface area contributed by atoms with Crippen LogP contribution in [0.3, 0.4) is 0 Å². The largest absolute Gasteiger partial charge is 0.494 e. The van der Waals surface area contributed by atoms with E-state index in [1.807, 2.05) is 6.92 Å². The van der Waals surface area contributed by atoms with Crippen molar-refractivity contribution >= 4 is 34.9 Å². The number of anilines is 1. The highest BCUT2D eigenvalue weighted by atomic mass is 35.5. The van der Waals surface area contributed by atoms with Gasteiger partial charge in [-0.15, -0.1) is 0 Å². The Morgan fingerprint density at radius 3 is 2.26 bits per heavy atom. The third-order valence-corrected chi connectivity index (χ3v) is 3.79. The topological polar surface area (TPSA) is 81.7 Å². The van der Waals surface area contributed by atoms with E-state index in [0.717, 1.165) is 0 Å². The van der Waals surface area contributed by atoms with Crippen LogP contribution >= 0.6 is 11.6 Å². The minimum Gasteiger partial charge on any atom is -0.494 e. The zero-order valence-corrected chi connectivity index (χ0v) is 15.6. The molecule has 0 spiro atoms. The van der Waals surface area contributed by atoms with Crippen LogP contribution in [-0.2, 0) is 14.3 Å². The van der Waals surface area contributed by atoms with Gasteiger partial charge in [-0.25, -0.2) is 0 Å². The van der Waals surface area contributed by atoms with E-state index in [1.165, 1.54) is 0 Å². The first kappa shape index (κ1) is 20.5. The number of carbonyl (C=O) groups is 3. The number of hydrogen-bond donors (Lipinski definition) is 1. The molecule has 0 aliphatic rings. The van der Waals surface area contributed by atoms with Crippen molar-refractivity contribution in [3.05, 3.63) is 59.1 Å². The predicted molar refractivity (Wildman–Crippen MR) is 102 cm³/mol. The molecule has 0 saturated carbocycles. The van der Waals surface area contributed by atoms with Crippen LogP contribution in [0.5, 0.6) is 5.75 Å². The van der Waals surface area contributed by atoms with E-state index in [0.29, 0.717) is 28.6 Å². The van der Waals surface area contributed by atoms with E-state index < -0.39 is 18.5 Å². The molecule has 142 valence electrons. The van der Waals surface area contributed by atoms with E-state index in [4.69, 9.17) is 21.1 Å². The van der Waals surface area contributed by atoms with Crippen LogP contribution in [0.1, 0.15) is 30.1 Å². The van der Waals surface area contributed by atoms with Crippen LogP contribution in [0.4, 0.5) is 5.69 Å². The van der Waals surface area contributed by atoms with Crippen molar-refractivity contribution in [1.29, 1.82) is 0 Å². The van der Waals surface area contributed by atoms with Crippen LogP contribution in [0.15, 0.2) is 48.5 Å². The Morgan fingerprint density at radius 1 is 0.963 bits per heavy atom. The summed E-state index contributed by atoms with van der Waals surface area (Å²) in [7, 11) is 0. The third-order valence-electron chi connectivity index (χ3n) is 3.54. The van der Waals surface area contributed by atoms with Gasteiger partial charge in [0.15, 0.2) is 12.4 Å². The average molecular weight is 390 g/mol. The Kier molecular flexibility index (Phi) is 7.82. The van der Waals surface area contributed by atoms with Gasteiger partial charge in [0.2, 0.25) is 0 Å². The number of rotatable bonds is 9. The fourth-order valence-electron chi connectivity index (χ4n) is 2.21. The van der Waals surface area contributed by atoms with Crippen LogP contribution in [0, 0.1) is 0 Å². The fourth-order valence-corrected chi connectivity index (χ4v) is 2.34. The molecular weight excluding hydrogens is 370 g/mol. The number of halogens is 1. The summed E-state index contributed by atoms with van der Waals surface area (Å²) in [5, 5.41) is 3.14. The molecule has 0 unspecified atom stereocenters. The average Bonchev–Trinajstić information content (AvgIpc) is 2.67. The number of benzene rings is 2. The van der Waals surface area contributed by atoms with Gasteiger partial charge in [-0.05, 0) is 55.5 Å². The zero-order valence-electron chi connectivity index (χ0n) is 14.9. The van der Waals surface area contributed by atoms with Gasteiger partial charge in [0, 0.05) is 22.7 Å². The molecule has 1 amide bonds. The summed E-state index contributed by atoms with van der Waals surface area (Å²) >= 11 is 5.77. The summed E-state index contributed by atoms with van der Waals surface area (Å²) < 4.78 is 10.2. The zero-order chi connectivity index (χ0) is 19.6. The lowest BCUT2D eigenvalue weighted by Gasteiger charge is -2.08. The van der Waals surface area contributed by atoms with Crippen molar-refractivity contribution in [1.82, 2.24) is 0 Å². The first-order chi connectivity index (χ1) is 13.0. The Bertz CT molecular complexity index is 787. The van der Waals surface area contributed by atoms with Gasteiger partial charge < -0.3 is 14.8 Å². The second-order valence-electron chi connectivity index (χ2n) is 5.60. The molecule has 27 heavy (non-hydrogen) atoms. The highest BCUT2D eigenvalue weighted by molar-refractivity contribution is 6.30. The minimum absolute atomic E-state index is 0.000968. The first-order valence-corrected chi connectivity index (χ1v) is 8.83. The number of ketones is 1. The summed E-state index contributed by atoms with van der Waals surface area (Å²) in [6.45, 7) is 2.02. The highest BCUT2D eigenvalue weighted by Crippen LogP contribution is 2.15. The van der Waals surface area contributed by atoms with E-state index in [9.17, 15) is 14.4 Å². The van der Waals surface area contributed by atoms with Gasteiger partial charge in [-0.1, -0.05) is 11.6 Å². The number of nitrogens with one attached hydrogen (secondary N) is 1. The Hall–Kier alpha value is -2.86. The predicted octanol–water partition coefficient (Wildman–Crippen LogP) is 3.88. The summed E-state index contributed by atoms with van der Waals surface area (Å²) in [6.07, 6.45) is -0.0984. The fraction of sp³-hybridized carbons (Fsp3) is 0.250. The smallest absolute Gasteiger partial charge is 0.306 e. The Balaban J connectivity index is 1.70. The number of hydrogen-bond acceptors (Lipinski definition) is 5. The molecule has 2 aromatic rings.